The van der Waals surface area contributed by atoms with Crippen LogP contribution in [0.5, 0.6) is 0 Å². The van der Waals surface area contributed by atoms with Crippen molar-refractivity contribution in [2.45, 2.75) is 26.4 Å². The van der Waals surface area contributed by atoms with Crippen LogP contribution < -0.4 is 5.32 Å². The number of hydrogen-bond donors (Lipinski definition) is 1. The third kappa shape index (κ3) is 3.35. The number of nitrogens with one attached hydrogen (secondary N) is 1. The van der Waals surface area contributed by atoms with Gasteiger partial charge in [0.25, 0.3) is 0 Å². The number of hydrogen-bond acceptors (Lipinski definition) is 1. The molecule has 20 heavy (non-hydrogen) atoms. The summed E-state index contributed by atoms with van der Waals surface area (Å²) in [6.07, 6.45) is 0. The first kappa shape index (κ1) is 14.9. The molecule has 0 bridgehead atoms. The van der Waals surface area contributed by atoms with Gasteiger partial charge in [-0.3, -0.25) is 0 Å². The van der Waals surface area contributed by atoms with Gasteiger partial charge >= 0.3 is 0 Å². The van der Waals surface area contributed by atoms with Gasteiger partial charge in [0.1, 0.15) is 0 Å². The van der Waals surface area contributed by atoms with Gasteiger partial charge in [-0.15, -0.1) is 0 Å². The molecule has 0 aromatic heterocycles. The highest BCUT2D eigenvalue weighted by Gasteiger charge is 2.11. The zero-order valence-electron chi connectivity index (χ0n) is 11.4. The molecule has 0 amide bonds. The van der Waals surface area contributed by atoms with Crippen LogP contribution in [0.15, 0.2) is 36.4 Å². The fraction of sp³-hybridized carbons (Fsp3) is 0.250. The maximum absolute atomic E-state index is 13.7. The average molecular weight is 296 g/mol. The predicted molar refractivity (Wildman–Crippen MR) is 78.8 cm³/mol. The number of benzene rings is 2. The van der Waals surface area contributed by atoms with Crippen molar-refractivity contribution in [2.75, 3.05) is 0 Å². The van der Waals surface area contributed by atoms with Crippen molar-refractivity contribution >= 4 is 11.6 Å². The third-order valence-electron chi connectivity index (χ3n) is 3.02. The van der Waals surface area contributed by atoms with Crippen LogP contribution >= 0.6 is 11.6 Å². The molecule has 0 fully saturated rings. The van der Waals surface area contributed by atoms with Gasteiger partial charge in [-0.25, -0.2) is 8.78 Å². The normalized spacial score (nSPS) is 11.1. The first-order valence-electron chi connectivity index (χ1n) is 6.45. The summed E-state index contributed by atoms with van der Waals surface area (Å²) in [6, 6.07) is 9.72. The lowest BCUT2D eigenvalue weighted by atomic mass is 10.0. The zero-order chi connectivity index (χ0) is 14.7. The molecule has 2 aromatic carbocycles. The quantitative estimate of drug-likeness (QED) is 0.855. The van der Waals surface area contributed by atoms with E-state index >= 15 is 0 Å². The molecule has 1 nitrogen and oxygen atoms in total. The Balaban J connectivity index is 2.31. The molecule has 0 atom stereocenters. The van der Waals surface area contributed by atoms with E-state index in [0.29, 0.717) is 23.2 Å². The highest BCUT2D eigenvalue weighted by molar-refractivity contribution is 6.31. The van der Waals surface area contributed by atoms with Crippen molar-refractivity contribution < 1.29 is 8.78 Å². The van der Waals surface area contributed by atoms with Crippen LogP contribution in [0.3, 0.4) is 0 Å². The summed E-state index contributed by atoms with van der Waals surface area (Å²) in [5.41, 5.74) is 1.72. The molecule has 0 spiro atoms. The van der Waals surface area contributed by atoms with Crippen LogP contribution in [0.2, 0.25) is 5.02 Å². The molecule has 0 unspecified atom stereocenters. The van der Waals surface area contributed by atoms with E-state index < -0.39 is 11.6 Å². The summed E-state index contributed by atoms with van der Waals surface area (Å²) < 4.78 is 27.0. The lowest BCUT2D eigenvalue weighted by Gasteiger charge is -2.11. The van der Waals surface area contributed by atoms with Gasteiger partial charge in [-0.05, 0) is 23.3 Å². The van der Waals surface area contributed by atoms with Gasteiger partial charge in [-0.1, -0.05) is 49.7 Å². The molecular weight excluding hydrogens is 280 g/mol. The van der Waals surface area contributed by atoms with Gasteiger partial charge in [0.15, 0.2) is 11.6 Å². The van der Waals surface area contributed by atoms with Gasteiger partial charge in [0.2, 0.25) is 0 Å². The van der Waals surface area contributed by atoms with E-state index in [2.05, 4.69) is 5.32 Å². The smallest absolute Gasteiger partial charge is 0.166 e. The molecule has 0 aliphatic rings. The fourth-order valence-electron chi connectivity index (χ4n) is 1.90. The molecule has 2 aromatic rings. The summed E-state index contributed by atoms with van der Waals surface area (Å²) in [6.45, 7) is 4.73. The predicted octanol–water partition coefficient (Wildman–Crippen LogP) is 4.78. The Morgan fingerprint density at radius 3 is 2.55 bits per heavy atom. The van der Waals surface area contributed by atoms with E-state index in [-0.39, 0.29) is 5.56 Å². The highest BCUT2D eigenvalue weighted by Crippen LogP contribution is 2.28. The number of rotatable bonds is 4. The molecule has 4 heteroatoms. The van der Waals surface area contributed by atoms with E-state index in [4.69, 9.17) is 11.6 Å². The Kier molecular flexibility index (Phi) is 4.73. The second kappa shape index (κ2) is 6.33. The minimum atomic E-state index is -0.857. The SMILES string of the molecule is CC(C)NCc1ccc(-c2cccc(F)c2F)cc1Cl. The first-order chi connectivity index (χ1) is 9.49. The Bertz CT molecular complexity index is 611. The number of halogens is 3. The van der Waals surface area contributed by atoms with E-state index in [1.807, 2.05) is 19.9 Å². The van der Waals surface area contributed by atoms with E-state index in [0.717, 1.165) is 11.6 Å². The zero-order valence-corrected chi connectivity index (χ0v) is 12.1. The monoisotopic (exact) mass is 295 g/mol. The van der Waals surface area contributed by atoms with Crippen molar-refractivity contribution in [3.63, 3.8) is 0 Å². The Morgan fingerprint density at radius 2 is 1.90 bits per heavy atom. The first-order valence-corrected chi connectivity index (χ1v) is 6.83. The maximum Gasteiger partial charge on any atom is 0.166 e. The van der Waals surface area contributed by atoms with Crippen LogP contribution in [0.1, 0.15) is 19.4 Å². The van der Waals surface area contributed by atoms with Crippen LogP contribution in [0.4, 0.5) is 8.78 Å². The van der Waals surface area contributed by atoms with Gasteiger partial charge in [-0.2, -0.15) is 0 Å². The highest BCUT2D eigenvalue weighted by atomic mass is 35.5. The van der Waals surface area contributed by atoms with Crippen LogP contribution in [-0.2, 0) is 6.54 Å². The minimum absolute atomic E-state index is 0.218. The lowest BCUT2D eigenvalue weighted by Crippen LogP contribution is -2.21. The largest absolute Gasteiger partial charge is 0.310 e. The van der Waals surface area contributed by atoms with Crippen molar-refractivity contribution in [1.82, 2.24) is 5.32 Å². The van der Waals surface area contributed by atoms with Crippen molar-refractivity contribution in [2.24, 2.45) is 0 Å². The standard InChI is InChI=1S/C16H16ClF2N/c1-10(2)20-9-12-7-6-11(8-14(12)17)13-4-3-5-15(18)16(13)19/h3-8,10,20H,9H2,1-2H3. The van der Waals surface area contributed by atoms with Crippen LogP contribution in [0, 0.1) is 11.6 Å². The second-order valence-corrected chi connectivity index (χ2v) is 5.35. The fourth-order valence-corrected chi connectivity index (χ4v) is 2.15. The summed E-state index contributed by atoms with van der Waals surface area (Å²) in [4.78, 5) is 0. The molecule has 2 rings (SSSR count). The average Bonchev–Trinajstić information content (AvgIpc) is 2.40. The minimum Gasteiger partial charge on any atom is -0.310 e. The lowest BCUT2D eigenvalue weighted by molar-refractivity contribution is 0.511. The molecule has 106 valence electrons. The summed E-state index contributed by atoms with van der Waals surface area (Å²) in [7, 11) is 0. The molecule has 0 aliphatic heterocycles. The Hall–Kier alpha value is -1.45. The topological polar surface area (TPSA) is 12.0 Å². The summed E-state index contributed by atoms with van der Waals surface area (Å²) >= 11 is 6.20. The van der Waals surface area contributed by atoms with E-state index in [1.165, 1.54) is 12.1 Å². The van der Waals surface area contributed by atoms with Gasteiger partial charge in [0.05, 0.1) is 0 Å². The molecule has 0 aliphatic carbocycles. The molecule has 0 heterocycles. The van der Waals surface area contributed by atoms with E-state index in [9.17, 15) is 8.78 Å². The molecule has 1 N–H and O–H groups in total. The third-order valence-corrected chi connectivity index (χ3v) is 3.37. The molecular formula is C16H16ClF2N. The summed E-state index contributed by atoms with van der Waals surface area (Å²) in [5, 5.41) is 3.80. The van der Waals surface area contributed by atoms with Crippen molar-refractivity contribution in [1.29, 1.82) is 0 Å². The molecule has 0 saturated heterocycles. The Morgan fingerprint density at radius 1 is 1.15 bits per heavy atom. The van der Waals surface area contributed by atoms with Crippen LogP contribution in [0.25, 0.3) is 11.1 Å². The van der Waals surface area contributed by atoms with E-state index in [1.54, 1.807) is 12.1 Å². The van der Waals surface area contributed by atoms with Crippen molar-refractivity contribution in [3.05, 3.63) is 58.6 Å². The van der Waals surface area contributed by atoms with Crippen molar-refractivity contribution in [3.8, 4) is 11.1 Å². The van der Waals surface area contributed by atoms with Crippen LogP contribution in [-0.4, -0.2) is 6.04 Å². The second-order valence-electron chi connectivity index (χ2n) is 4.94. The molecule has 0 saturated carbocycles. The maximum atomic E-state index is 13.7. The molecule has 0 radical (unpaired) electrons. The van der Waals surface area contributed by atoms with Gasteiger partial charge < -0.3 is 5.32 Å². The summed E-state index contributed by atoms with van der Waals surface area (Å²) in [5.74, 6) is -1.71. The Labute approximate surface area is 122 Å². The van der Waals surface area contributed by atoms with Gasteiger partial charge in [0, 0.05) is 23.2 Å².